The fraction of sp³-hybridized carbons (Fsp3) is 1.00. The molecular formula is C15H26N2O. The fourth-order valence-corrected chi connectivity index (χ4v) is 4.73. The molecule has 1 saturated carbocycles. The summed E-state index contributed by atoms with van der Waals surface area (Å²) in [6.45, 7) is 2.21. The molecule has 3 nitrogen and oxygen atoms in total. The standard InChI is InChI=1S/C15H26N2O/c1-2-6-14(7-3-1)10-16-15(18-11-14)8-12-4-5-13(9-15)17-12/h12-13,16-17H,1-11H2. The lowest BCUT2D eigenvalue weighted by atomic mass is 9.73. The van der Waals surface area contributed by atoms with Crippen molar-refractivity contribution in [2.45, 2.75) is 75.6 Å². The van der Waals surface area contributed by atoms with E-state index in [1.807, 2.05) is 0 Å². The van der Waals surface area contributed by atoms with E-state index in [2.05, 4.69) is 10.6 Å². The SMILES string of the molecule is C1CCC2(CC1)CNC1(CC3CCC(C1)N3)OC2. The number of rotatable bonds is 0. The zero-order valence-electron chi connectivity index (χ0n) is 11.3. The van der Waals surface area contributed by atoms with Crippen molar-refractivity contribution in [2.24, 2.45) is 5.41 Å². The Kier molecular flexibility index (Phi) is 2.72. The first kappa shape index (κ1) is 11.7. The van der Waals surface area contributed by atoms with Gasteiger partial charge in [0, 0.05) is 36.9 Å². The molecule has 3 aliphatic heterocycles. The molecule has 3 saturated heterocycles. The normalized spacial score (nSPS) is 46.7. The maximum atomic E-state index is 6.43. The summed E-state index contributed by atoms with van der Waals surface area (Å²) in [4.78, 5) is 0. The highest BCUT2D eigenvalue weighted by Crippen LogP contribution is 2.43. The van der Waals surface area contributed by atoms with Crippen LogP contribution in [0.15, 0.2) is 0 Å². The van der Waals surface area contributed by atoms with Crippen LogP contribution in [0, 0.1) is 5.41 Å². The summed E-state index contributed by atoms with van der Waals surface area (Å²) in [7, 11) is 0. The Labute approximate surface area is 110 Å². The minimum Gasteiger partial charge on any atom is -0.360 e. The zero-order chi connectivity index (χ0) is 12.1. The van der Waals surface area contributed by atoms with E-state index in [-0.39, 0.29) is 5.72 Å². The van der Waals surface area contributed by atoms with Crippen LogP contribution in [0.4, 0.5) is 0 Å². The maximum Gasteiger partial charge on any atom is 0.122 e. The van der Waals surface area contributed by atoms with Crippen molar-refractivity contribution in [3.63, 3.8) is 0 Å². The minimum atomic E-state index is 0.0276. The molecule has 0 aromatic rings. The number of hydrogen-bond acceptors (Lipinski definition) is 3. The Bertz CT molecular complexity index is 300. The van der Waals surface area contributed by atoms with Crippen LogP contribution in [0.3, 0.4) is 0 Å². The molecule has 2 bridgehead atoms. The third kappa shape index (κ3) is 1.91. The van der Waals surface area contributed by atoms with Gasteiger partial charge < -0.3 is 10.1 Å². The molecule has 0 aromatic heterocycles. The van der Waals surface area contributed by atoms with Crippen LogP contribution in [-0.4, -0.2) is 31.0 Å². The predicted octanol–water partition coefficient (Wildman–Crippen LogP) is 2.17. The van der Waals surface area contributed by atoms with Crippen molar-refractivity contribution >= 4 is 0 Å². The van der Waals surface area contributed by atoms with Crippen LogP contribution in [-0.2, 0) is 4.74 Å². The van der Waals surface area contributed by atoms with Gasteiger partial charge in [0.2, 0.25) is 0 Å². The average molecular weight is 250 g/mol. The molecule has 2 atom stereocenters. The Balaban J connectivity index is 1.44. The van der Waals surface area contributed by atoms with Crippen molar-refractivity contribution in [3.05, 3.63) is 0 Å². The van der Waals surface area contributed by atoms with E-state index >= 15 is 0 Å². The zero-order valence-corrected chi connectivity index (χ0v) is 11.3. The Hall–Kier alpha value is -0.120. The van der Waals surface area contributed by atoms with Crippen molar-refractivity contribution in [1.82, 2.24) is 10.6 Å². The van der Waals surface area contributed by atoms with Crippen LogP contribution in [0.25, 0.3) is 0 Å². The van der Waals surface area contributed by atoms with Gasteiger partial charge in [0.1, 0.15) is 5.72 Å². The van der Waals surface area contributed by atoms with Gasteiger partial charge >= 0.3 is 0 Å². The number of fused-ring (bicyclic) bond motifs is 2. The molecule has 2 unspecified atom stereocenters. The number of nitrogens with one attached hydrogen (secondary N) is 2. The topological polar surface area (TPSA) is 33.3 Å². The van der Waals surface area contributed by atoms with Crippen molar-refractivity contribution in [1.29, 1.82) is 0 Å². The highest BCUT2D eigenvalue weighted by molar-refractivity contribution is 5.03. The Morgan fingerprint density at radius 1 is 0.944 bits per heavy atom. The number of hydrogen-bond donors (Lipinski definition) is 2. The van der Waals surface area contributed by atoms with Crippen LogP contribution in [0.1, 0.15) is 57.8 Å². The van der Waals surface area contributed by atoms with E-state index in [9.17, 15) is 0 Å². The van der Waals surface area contributed by atoms with E-state index in [1.54, 1.807) is 0 Å². The molecule has 2 spiro atoms. The van der Waals surface area contributed by atoms with E-state index in [0.29, 0.717) is 17.5 Å². The first-order chi connectivity index (χ1) is 8.78. The van der Waals surface area contributed by atoms with Gasteiger partial charge in [-0.3, -0.25) is 5.32 Å². The number of ether oxygens (including phenoxy) is 1. The quantitative estimate of drug-likeness (QED) is 0.691. The third-order valence-electron chi connectivity index (χ3n) is 5.84. The molecule has 1 aliphatic carbocycles. The summed E-state index contributed by atoms with van der Waals surface area (Å²) >= 11 is 0. The molecule has 0 amide bonds. The molecule has 102 valence electrons. The monoisotopic (exact) mass is 250 g/mol. The van der Waals surface area contributed by atoms with E-state index in [4.69, 9.17) is 4.74 Å². The predicted molar refractivity (Wildman–Crippen MR) is 71.4 cm³/mol. The molecule has 3 heterocycles. The van der Waals surface area contributed by atoms with Crippen LogP contribution in [0.2, 0.25) is 0 Å². The molecule has 2 N–H and O–H groups in total. The number of piperidine rings is 1. The average Bonchev–Trinajstić information content (AvgIpc) is 2.75. The van der Waals surface area contributed by atoms with Crippen molar-refractivity contribution in [2.75, 3.05) is 13.2 Å². The van der Waals surface area contributed by atoms with Crippen LogP contribution in [0.5, 0.6) is 0 Å². The lowest BCUT2D eigenvalue weighted by Crippen LogP contribution is -2.64. The second-order valence-corrected chi connectivity index (χ2v) is 7.24. The second kappa shape index (κ2) is 4.19. The molecule has 4 aliphatic rings. The second-order valence-electron chi connectivity index (χ2n) is 7.24. The first-order valence-electron chi connectivity index (χ1n) is 7.93. The third-order valence-corrected chi connectivity index (χ3v) is 5.84. The summed E-state index contributed by atoms with van der Waals surface area (Å²) in [5, 5.41) is 7.55. The molecular weight excluding hydrogens is 224 g/mol. The fourth-order valence-electron chi connectivity index (χ4n) is 4.73. The van der Waals surface area contributed by atoms with E-state index in [0.717, 1.165) is 6.61 Å². The van der Waals surface area contributed by atoms with Gasteiger partial charge in [-0.15, -0.1) is 0 Å². The summed E-state index contributed by atoms with van der Waals surface area (Å²) in [5.74, 6) is 0. The molecule has 0 radical (unpaired) electrons. The smallest absolute Gasteiger partial charge is 0.122 e. The minimum absolute atomic E-state index is 0.0276. The van der Waals surface area contributed by atoms with Crippen molar-refractivity contribution < 1.29 is 4.74 Å². The van der Waals surface area contributed by atoms with Gasteiger partial charge in [-0.2, -0.15) is 0 Å². The van der Waals surface area contributed by atoms with Gasteiger partial charge in [0.15, 0.2) is 0 Å². The van der Waals surface area contributed by atoms with Crippen molar-refractivity contribution in [3.8, 4) is 0 Å². The molecule has 18 heavy (non-hydrogen) atoms. The van der Waals surface area contributed by atoms with E-state index in [1.165, 1.54) is 64.3 Å². The van der Waals surface area contributed by atoms with Gasteiger partial charge in [0.05, 0.1) is 6.61 Å². The van der Waals surface area contributed by atoms with Crippen LogP contribution < -0.4 is 10.6 Å². The summed E-state index contributed by atoms with van der Waals surface area (Å²) < 4.78 is 6.43. The first-order valence-corrected chi connectivity index (χ1v) is 7.93. The van der Waals surface area contributed by atoms with Gasteiger partial charge in [0.25, 0.3) is 0 Å². The van der Waals surface area contributed by atoms with Gasteiger partial charge in [-0.25, -0.2) is 0 Å². The van der Waals surface area contributed by atoms with Gasteiger partial charge in [-0.05, 0) is 25.7 Å². The largest absolute Gasteiger partial charge is 0.360 e. The lowest BCUT2D eigenvalue weighted by Gasteiger charge is -2.51. The molecule has 4 fully saturated rings. The Morgan fingerprint density at radius 2 is 1.67 bits per heavy atom. The maximum absolute atomic E-state index is 6.43. The summed E-state index contributed by atoms with van der Waals surface area (Å²) in [6, 6.07) is 1.41. The molecule has 0 aromatic carbocycles. The summed E-state index contributed by atoms with van der Waals surface area (Å²) in [6.07, 6.45) is 12.1. The van der Waals surface area contributed by atoms with Crippen LogP contribution >= 0.6 is 0 Å². The highest BCUT2D eigenvalue weighted by atomic mass is 16.5. The summed E-state index contributed by atoms with van der Waals surface area (Å²) in [5.41, 5.74) is 0.507. The molecule has 4 rings (SSSR count). The Morgan fingerprint density at radius 3 is 2.28 bits per heavy atom. The molecule has 3 heteroatoms. The highest BCUT2D eigenvalue weighted by Gasteiger charge is 2.49. The van der Waals surface area contributed by atoms with E-state index < -0.39 is 0 Å². The lowest BCUT2D eigenvalue weighted by molar-refractivity contribution is -0.171. The van der Waals surface area contributed by atoms with Gasteiger partial charge in [-0.1, -0.05) is 19.3 Å².